The zero-order valence-corrected chi connectivity index (χ0v) is 12.9. The van der Waals surface area contributed by atoms with Crippen molar-refractivity contribution in [2.45, 2.75) is 32.5 Å². The lowest BCUT2D eigenvalue weighted by Crippen LogP contribution is -2.41. The molecular weight excluding hydrogens is 285 g/mol. The minimum absolute atomic E-state index is 0.361. The van der Waals surface area contributed by atoms with Gasteiger partial charge in [0.15, 0.2) is 0 Å². The van der Waals surface area contributed by atoms with Crippen LogP contribution in [-0.2, 0) is 4.74 Å². The van der Waals surface area contributed by atoms with Crippen molar-refractivity contribution in [1.29, 1.82) is 0 Å². The van der Waals surface area contributed by atoms with Crippen molar-refractivity contribution in [3.05, 3.63) is 48.3 Å². The van der Waals surface area contributed by atoms with Gasteiger partial charge in [-0.15, -0.1) is 0 Å². The number of halogens is 1. The molecule has 22 heavy (non-hydrogen) atoms. The molecule has 0 spiro atoms. The second kappa shape index (κ2) is 6.81. The Bertz CT molecular complexity index is 639. The monoisotopic (exact) mass is 305 g/mol. The largest absolute Gasteiger partial charge is 0.384 e. The van der Waals surface area contributed by atoms with Crippen LogP contribution in [0.4, 0.5) is 4.39 Å². The van der Waals surface area contributed by atoms with Crippen LogP contribution < -0.4 is 0 Å². The molecule has 0 saturated heterocycles. The normalized spacial score (nSPS) is 14.1. The number of aliphatic hydroxyl groups excluding tert-OH is 1. The summed E-state index contributed by atoms with van der Waals surface area (Å²) in [5.74, 6) is -0.374. The standard InChI is InChI=1S/C16H20FN3O2/c1-4-22-16(2,3)15(21)14(20-11-18-10-19-20)9-12-7-5-6-8-13(12)17/h5-11,15,21H,4H2,1-3H3. The maximum Gasteiger partial charge on any atom is 0.138 e. The van der Waals surface area contributed by atoms with Gasteiger partial charge in [0.2, 0.25) is 0 Å². The molecular formula is C16H20FN3O2. The number of aliphatic hydroxyl groups is 1. The Labute approximate surface area is 129 Å². The van der Waals surface area contributed by atoms with Gasteiger partial charge < -0.3 is 9.84 Å². The molecule has 0 saturated carbocycles. The van der Waals surface area contributed by atoms with E-state index < -0.39 is 11.7 Å². The molecule has 0 bridgehead atoms. The van der Waals surface area contributed by atoms with Gasteiger partial charge in [-0.2, -0.15) is 5.10 Å². The van der Waals surface area contributed by atoms with Crippen molar-refractivity contribution in [2.75, 3.05) is 6.61 Å². The highest BCUT2D eigenvalue weighted by molar-refractivity contribution is 5.73. The molecule has 0 fully saturated rings. The van der Waals surface area contributed by atoms with Crippen LogP contribution in [0.3, 0.4) is 0 Å². The van der Waals surface area contributed by atoms with Crippen LogP contribution in [0, 0.1) is 5.82 Å². The number of aromatic nitrogens is 3. The van der Waals surface area contributed by atoms with Crippen molar-refractivity contribution >= 4 is 11.8 Å². The molecule has 0 amide bonds. The average molecular weight is 305 g/mol. The fourth-order valence-electron chi connectivity index (χ4n) is 2.17. The summed E-state index contributed by atoms with van der Waals surface area (Å²) in [6.07, 6.45) is 3.36. The van der Waals surface area contributed by atoms with Crippen LogP contribution in [0.15, 0.2) is 36.9 Å². The molecule has 0 radical (unpaired) electrons. The molecule has 1 atom stereocenters. The summed E-state index contributed by atoms with van der Waals surface area (Å²) in [5, 5.41) is 14.7. The lowest BCUT2D eigenvalue weighted by atomic mass is 9.97. The van der Waals surface area contributed by atoms with Crippen molar-refractivity contribution < 1.29 is 14.2 Å². The van der Waals surface area contributed by atoms with Crippen LogP contribution in [0.25, 0.3) is 11.8 Å². The zero-order valence-electron chi connectivity index (χ0n) is 12.9. The van der Waals surface area contributed by atoms with E-state index in [1.165, 1.54) is 23.4 Å². The molecule has 118 valence electrons. The Morgan fingerprint density at radius 2 is 2.18 bits per heavy atom. The lowest BCUT2D eigenvalue weighted by Gasteiger charge is -2.31. The maximum absolute atomic E-state index is 13.9. The van der Waals surface area contributed by atoms with Crippen molar-refractivity contribution in [3.8, 4) is 0 Å². The fraction of sp³-hybridized carbons (Fsp3) is 0.375. The Kier molecular flexibility index (Phi) is 5.05. The highest BCUT2D eigenvalue weighted by atomic mass is 19.1. The first-order chi connectivity index (χ1) is 10.5. The van der Waals surface area contributed by atoms with Crippen molar-refractivity contribution in [1.82, 2.24) is 14.8 Å². The van der Waals surface area contributed by atoms with Gasteiger partial charge in [-0.1, -0.05) is 18.2 Å². The Hall–Kier alpha value is -2.05. The first-order valence-electron chi connectivity index (χ1n) is 7.09. The molecule has 1 unspecified atom stereocenters. The van der Waals surface area contributed by atoms with E-state index in [4.69, 9.17) is 4.74 Å². The van der Waals surface area contributed by atoms with Gasteiger partial charge in [0.1, 0.15) is 24.6 Å². The molecule has 1 aromatic heterocycles. The average Bonchev–Trinajstić information content (AvgIpc) is 2.99. The topological polar surface area (TPSA) is 60.2 Å². The molecule has 1 N–H and O–H groups in total. The van der Waals surface area contributed by atoms with E-state index in [9.17, 15) is 9.50 Å². The molecule has 2 rings (SSSR count). The number of hydrogen-bond acceptors (Lipinski definition) is 4. The number of ether oxygens (including phenoxy) is 1. The molecule has 1 aromatic carbocycles. The SMILES string of the molecule is CCOC(C)(C)C(O)C(=Cc1ccccc1F)n1cncn1. The van der Waals surface area contributed by atoms with E-state index >= 15 is 0 Å². The third-order valence-corrected chi connectivity index (χ3v) is 3.35. The summed E-state index contributed by atoms with van der Waals surface area (Å²) in [4.78, 5) is 3.88. The second-order valence-electron chi connectivity index (χ2n) is 5.37. The van der Waals surface area contributed by atoms with Crippen LogP contribution in [0.1, 0.15) is 26.3 Å². The Morgan fingerprint density at radius 3 is 2.77 bits per heavy atom. The van der Waals surface area contributed by atoms with Gasteiger partial charge in [0.25, 0.3) is 0 Å². The number of nitrogens with zero attached hydrogens (tertiary/aromatic N) is 3. The van der Waals surface area contributed by atoms with Gasteiger partial charge in [-0.3, -0.25) is 0 Å². The summed E-state index contributed by atoms with van der Waals surface area (Å²) < 4.78 is 20.9. The minimum atomic E-state index is -1.01. The summed E-state index contributed by atoms with van der Waals surface area (Å²) in [6, 6.07) is 6.34. The first kappa shape index (κ1) is 16.3. The molecule has 0 aliphatic carbocycles. The zero-order chi connectivity index (χ0) is 16.2. The number of hydrogen-bond donors (Lipinski definition) is 1. The third-order valence-electron chi connectivity index (χ3n) is 3.35. The maximum atomic E-state index is 13.9. The number of benzene rings is 1. The van der Waals surface area contributed by atoms with E-state index in [-0.39, 0.29) is 5.82 Å². The Balaban J connectivity index is 2.47. The van der Waals surface area contributed by atoms with Gasteiger partial charge in [0, 0.05) is 12.2 Å². The van der Waals surface area contributed by atoms with Gasteiger partial charge in [0.05, 0.1) is 11.3 Å². The fourth-order valence-corrected chi connectivity index (χ4v) is 2.17. The summed E-state index contributed by atoms with van der Waals surface area (Å²) >= 11 is 0. The van der Waals surface area contributed by atoms with Gasteiger partial charge >= 0.3 is 0 Å². The number of rotatable bonds is 6. The van der Waals surface area contributed by atoms with E-state index in [0.717, 1.165) is 0 Å². The van der Waals surface area contributed by atoms with Crippen molar-refractivity contribution in [2.24, 2.45) is 0 Å². The van der Waals surface area contributed by atoms with E-state index in [0.29, 0.717) is 17.9 Å². The highest BCUT2D eigenvalue weighted by Gasteiger charge is 2.32. The quantitative estimate of drug-likeness (QED) is 0.891. The van der Waals surface area contributed by atoms with Crippen LogP contribution >= 0.6 is 0 Å². The van der Waals surface area contributed by atoms with Crippen LogP contribution in [-0.4, -0.2) is 38.2 Å². The second-order valence-corrected chi connectivity index (χ2v) is 5.37. The third kappa shape index (κ3) is 3.58. The predicted molar refractivity (Wildman–Crippen MR) is 82.3 cm³/mol. The first-order valence-corrected chi connectivity index (χ1v) is 7.09. The summed E-state index contributed by atoms with van der Waals surface area (Å²) in [7, 11) is 0. The molecule has 0 aliphatic rings. The molecule has 6 heteroatoms. The van der Waals surface area contributed by atoms with E-state index in [1.54, 1.807) is 38.1 Å². The Morgan fingerprint density at radius 1 is 1.45 bits per heavy atom. The van der Waals surface area contributed by atoms with E-state index in [2.05, 4.69) is 10.1 Å². The molecule has 2 aromatic rings. The predicted octanol–water partition coefficient (Wildman–Crippen LogP) is 2.59. The van der Waals surface area contributed by atoms with Gasteiger partial charge in [-0.05, 0) is 32.9 Å². The van der Waals surface area contributed by atoms with Gasteiger partial charge in [-0.25, -0.2) is 14.1 Å². The lowest BCUT2D eigenvalue weighted by molar-refractivity contribution is -0.0753. The van der Waals surface area contributed by atoms with Crippen molar-refractivity contribution in [3.63, 3.8) is 0 Å². The van der Waals surface area contributed by atoms with Crippen LogP contribution in [0.2, 0.25) is 0 Å². The smallest absolute Gasteiger partial charge is 0.138 e. The summed E-state index contributed by atoms with van der Waals surface area (Å²) in [5.41, 5.74) is -0.0990. The molecule has 0 aliphatic heterocycles. The molecule has 1 heterocycles. The van der Waals surface area contributed by atoms with Crippen LogP contribution in [0.5, 0.6) is 0 Å². The molecule has 5 nitrogen and oxygen atoms in total. The minimum Gasteiger partial charge on any atom is -0.384 e. The summed E-state index contributed by atoms with van der Waals surface area (Å²) in [6.45, 7) is 5.85. The van der Waals surface area contributed by atoms with E-state index in [1.807, 2.05) is 6.92 Å². The highest BCUT2D eigenvalue weighted by Crippen LogP contribution is 2.26.